The number of alkyl carbamates (subject to hydrolysis) is 1. The summed E-state index contributed by atoms with van der Waals surface area (Å²) in [5.74, 6) is -3.11. The van der Waals surface area contributed by atoms with Gasteiger partial charge in [0.1, 0.15) is 42.4 Å². The summed E-state index contributed by atoms with van der Waals surface area (Å²) in [6.45, 7) is 16.8. The molecule has 5 amide bonds. The van der Waals surface area contributed by atoms with Crippen molar-refractivity contribution >= 4 is 35.7 Å². The molecule has 2 N–H and O–H groups in total. The average molecular weight is 714 g/mol. The lowest BCUT2D eigenvalue weighted by molar-refractivity contribution is -0.158. The second-order valence-corrected chi connectivity index (χ2v) is 15.7. The summed E-state index contributed by atoms with van der Waals surface area (Å²) in [5.41, 5.74) is 0.0903. The van der Waals surface area contributed by atoms with Crippen LogP contribution in [0.2, 0.25) is 0 Å². The molecule has 13 nitrogen and oxygen atoms in total. The van der Waals surface area contributed by atoms with Crippen LogP contribution in [-0.2, 0) is 40.1 Å². The van der Waals surface area contributed by atoms with E-state index in [1.165, 1.54) is 11.9 Å². The van der Waals surface area contributed by atoms with Crippen molar-refractivity contribution in [3.05, 3.63) is 35.9 Å². The highest BCUT2D eigenvalue weighted by Gasteiger charge is 2.46. The molecule has 0 aliphatic carbocycles. The van der Waals surface area contributed by atoms with E-state index < -0.39 is 59.7 Å². The van der Waals surface area contributed by atoms with Gasteiger partial charge in [-0.25, -0.2) is 9.59 Å². The molecule has 2 saturated heterocycles. The number of esters is 1. The van der Waals surface area contributed by atoms with E-state index in [1.807, 2.05) is 44.2 Å². The largest absolute Gasteiger partial charge is 0.459 e. The van der Waals surface area contributed by atoms with Gasteiger partial charge in [0.15, 0.2) is 0 Å². The van der Waals surface area contributed by atoms with Crippen LogP contribution in [0.4, 0.5) is 4.79 Å². The molecule has 2 fully saturated rings. The Morgan fingerprint density at radius 1 is 0.804 bits per heavy atom. The SMILES string of the molecule is CC(C)[C@H](NC(=O)OC(C)(C)C)C(=O)N[C@H](C(=O)N(C)[C@H](C(=O)N1CCC[C@H]1C(=O)N1CCC[C@H]1C(=O)OCc1ccccc1)C(C)C)C(C)C. The molecule has 3 rings (SSSR count). The van der Waals surface area contributed by atoms with Gasteiger partial charge in [-0.2, -0.15) is 0 Å². The molecular weight excluding hydrogens is 654 g/mol. The molecule has 284 valence electrons. The first kappa shape index (κ1) is 41.3. The number of carbonyl (C=O) groups is 6. The maximum absolute atomic E-state index is 14.3. The zero-order valence-electron chi connectivity index (χ0n) is 32.1. The highest BCUT2D eigenvalue weighted by molar-refractivity contribution is 5.96. The monoisotopic (exact) mass is 713 g/mol. The van der Waals surface area contributed by atoms with E-state index in [0.29, 0.717) is 38.8 Å². The Bertz CT molecular complexity index is 1390. The fraction of sp³-hybridized carbons (Fsp3) is 0.684. The fourth-order valence-corrected chi connectivity index (χ4v) is 6.73. The van der Waals surface area contributed by atoms with E-state index in [2.05, 4.69) is 10.6 Å². The number of rotatable bonds is 13. The molecule has 0 radical (unpaired) electrons. The van der Waals surface area contributed by atoms with E-state index in [1.54, 1.807) is 58.3 Å². The summed E-state index contributed by atoms with van der Waals surface area (Å²) in [4.78, 5) is 86.0. The highest BCUT2D eigenvalue weighted by atomic mass is 16.6. The normalized spacial score (nSPS) is 19.5. The maximum atomic E-state index is 14.3. The Kier molecular flexibility index (Phi) is 14.4. The Balaban J connectivity index is 1.74. The summed E-state index contributed by atoms with van der Waals surface area (Å²) in [5, 5.41) is 5.44. The topological polar surface area (TPSA) is 155 Å². The van der Waals surface area contributed by atoms with Crippen molar-refractivity contribution in [2.45, 2.75) is 130 Å². The Labute approximate surface area is 303 Å². The van der Waals surface area contributed by atoms with Gasteiger partial charge in [-0.3, -0.25) is 19.2 Å². The molecule has 0 saturated carbocycles. The highest BCUT2D eigenvalue weighted by Crippen LogP contribution is 2.28. The molecule has 2 heterocycles. The average Bonchev–Trinajstić information content (AvgIpc) is 3.74. The maximum Gasteiger partial charge on any atom is 0.408 e. The van der Waals surface area contributed by atoms with Crippen LogP contribution < -0.4 is 10.6 Å². The predicted octanol–water partition coefficient (Wildman–Crippen LogP) is 3.88. The number of carbonyl (C=O) groups excluding carboxylic acids is 6. The van der Waals surface area contributed by atoms with Crippen LogP contribution >= 0.6 is 0 Å². The quantitative estimate of drug-likeness (QED) is 0.292. The van der Waals surface area contributed by atoms with Gasteiger partial charge in [0.2, 0.25) is 23.6 Å². The summed E-state index contributed by atoms with van der Waals surface area (Å²) in [6, 6.07) is 4.96. The molecule has 0 unspecified atom stereocenters. The lowest BCUT2D eigenvalue weighted by Gasteiger charge is -2.38. The minimum atomic E-state index is -0.999. The van der Waals surface area contributed by atoms with Crippen LogP contribution in [0.25, 0.3) is 0 Å². The molecule has 1 aromatic rings. The van der Waals surface area contributed by atoms with Gasteiger partial charge >= 0.3 is 12.1 Å². The van der Waals surface area contributed by atoms with Crippen molar-refractivity contribution in [2.75, 3.05) is 20.1 Å². The summed E-state index contributed by atoms with van der Waals surface area (Å²) >= 11 is 0. The standard InChI is InChI=1S/C38H59N5O8/c1-23(2)29(40-37(49)51-38(7,8)9)32(44)39-30(24(3)4)34(46)41(10)31(25(5)6)35(47)42-20-14-18-27(42)33(45)43-21-15-19-28(43)36(48)50-22-26-16-12-11-13-17-26/h11-13,16-17,23-25,27-31H,14-15,18-22H2,1-10H3,(H,39,44)(H,40,49)/t27-,28-,29-,30-,31-/m0/s1. The van der Waals surface area contributed by atoms with E-state index in [4.69, 9.17) is 9.47 Å². The van der Waals surface area contributed by atoms with Crippen molar-refractivity contribution in [3.8, 4) is 0 Å². The predicted molar refractivity (Wildman–Crippen MR) is 192 cm³/mol. The zero-order chi connectivity index (χ0) is 38.2. The van der Waals surface area contributed by atoms with Crippen molar-refractivity contribution in [2.24, 2.45) is 17.8 Å². The number of hydrogen-bond acceptors (Lipinski definition) is 8. The Morgan fingerprint density at radius 2 is 1.37 bits per heavy atom. The molecule has 0 spiro atoms. The first-order valence-corrected chi connectivity index (χ1v) is 18.2. The molecule has 0 bridgehead atoms. The number of hydrogen-bond donors (Lipinski definition) is 2. The Hall–Kier alpha value is -4.16. The third-order valence-corrected chi connectivity index (χ3v) is 9.35. The third-order valence-electron chi connectivity index (χ3n) is 9.35. The molecule has 2 aliphatic rings. The van der Waals surface area contributed by atoms with Crippen LogP contribution in [0.3, 0.4) is 0 Å². The number of benzene rings is 1. The van der Waals surface area contributed by atoms with Crippen LogP contribution in [0.15, 0.2) is 30.3 Å². The minimum Gasteiger partial charge on any atom is -0.459 e. The Morgan fingerprint density at radius 3 is 1.92 bits per heavy atom. The minimum absolute atomic E-state index is 0.110. The van der Waals surface area contributed by atoms with Gasteiger partial charge in [-0.05, 0) is 69.8 Å². The number of likely N-dealkylation sites (tertiary alicyclic amines) is 2. The molecule has 1 aromatic carbocycles. The smallest absolute Gasteiger partial charge is 0.408 e. The van der Waals surface area contributed by atoms with Crippen LogP contribution in [0.1, 0.15) is 93.6 Å². The van der Waals surface area contributed by atoms with E-state index in [0.717, 1.165) is 5.56 Å². The lowest BCUT2D eigenvalue weighted by atomic mass is 9.96. The molecule has 5 atom stereocenters. The number of nitrogens with zero attached hydrogens (tertiary/aromatic N) is 3. The second-order valence-electron chi connectivity index (χ2n) is 15.7. The van der Waals surface area contributed by atoms with E-state index in [-0.39, 0.29) is 36.2 Å². The van der Waals surface area contributed by atoms with Crippen LogP contribution in [-0.4, -0.2) is 106 Å². The van der Waals surface area contributed by atoms with Gasteiger partial charge in [-0.15, -0.1) is 0 Å². The van der Waals surface area contributed by atoms with E-state index >= 15 is 0 Å². The van der Waals surface area contributed by atoms with Crippen molar-refractivity contribution in [3.63, 3.8) is 0 Å². The molecular formula is C38H59N5O8. The van der Waals surface area contributed by atoms with Crippen molar-refractivity contribution in [1.82, 2.24) is 25.3 Å². The summed E-state index contributed by atoms with van der Waals surface area (Å²) in [7, 11) is 1.54. The van der Waals surface area contributed by atoms with Gasteiger partial charge < -0.3 is 34.8 Å². The summed E-state index contributed by atoms with van der Waals surface area (Å²) < 4.78 is 10.9. The van der Waals surface area contributed by atoms with E-state index in [9.17, 15) is 28.8 Å². The van der Waals surface area contributed by atoms with Gasteiger partial charge in [0.05, 0.1) is 0 Å². The van der Waals surface area contributed by atoms with Crippen molar-refractivity contribution in [1.29, 1.82) is 0 Å². The van der Waals surface area contributed by atoms with Gasteiger partial charge in [0, 0.05) is 20.1 Å². The number of likely N-dealkylation sites (N-methyl/N-ethyl adjacent to an activating group) is 1. The summed E-state index contributed by atoms with van der Waals surface area (Å²) in [6.07, 6.45) is 1.44. The first-order chi connectivity index (χ1) is 23.8. The van der Waals surface area contributed by atoms with Gasteiger partial charge in [0.25, 0.3) is 0 Å². The fourth-order valence-electron chi connectivity index (χ4n) is 6.73. The first-order valence-electron chi connectivity index (χ1n) is 18.2. The third kappa shape index (κ3) is 10.9. The van der Waals surface area contributed by atoms with Crippen LogP contribution in [0.5, 0.6) is 0 Å². The molecule has 2 aliphatic heterocycles. The number of ether oxygens (including phenoxy) is 2. The van der Waals surface area contributed by atoms with Gasteiger partial charge in [-0.1, -0.05) is 71.9 Å². The number of nitrogens with one attached hydrogen (secondary N) is 2. The molecule has 13 heteroatoms. The number of amides is 5. The zero-order valence-corrected chi connectivity index (χ0v) is 32.1. The lowest BCUT2D eigenvalue weighted by Crippen LogP contribution is -2.61. The molecule has 0 aromatic heterocycles. The van der Waals surface area contributed by atoms with Crippen LogP contribution in [0, 0.1) is 17.8 Å². The molecule has 51 heavy (non-hydrogen) atoms. The second kappa shape index (κ2) is 17.9. The van der Waals surface area contributed by atoms with Crippen molar-refractivity contribution < 1.29 is 38.2 Å².